The first-order valence-corrected chi connectivity index (χ1v) is 18.9. The van der Waals surface area contributed by atoms with E-state index in [2.05, 4.69) is 41.0 Å². The number of nitrogens with zero attached hydrogens (tertiary/aromatic N) is 1. The SMILES string of the molecule is C#CCCC(NC(=O)[C@@H]1[C@@H]2[C@H](CN1C(=O)[C@@H](NC(=O)NC1(C[S+]([O-])C(C)(C)C)CCCCC1)C(C)(C)C)C2(C)C)C(=O)C(=O)NCCC. The lowest BCUT2D eigenvalue weighted by atomic mass is 9.83. The molecule has 3 rings (SSSR count). The van der Waals surface area contributed by atoms with E-state index in [0.29, 0.717) is 38.1 Å². The third-order valence-corrected chi connectivity index (χ3v) is 12.6. The molecule has 11 nitrogen and oxygen atoms in total. The van der Waals surface area contributed by atoms with Crippen molar-refractivity contribution in [3.63, 3.8) is 0 Å². The molecule has 0 bridgehead atoms. The van der Waals surface area contributed by atoms with Crippen molar-refractivity contribution in [3.8, 4) is 12.3 Å². The first-order valence-electron chi connectivity index (χ1n) is 17.5. The number of fused-ring (bicyclic) bond motifs is 1. The number of carbonyl (C=O) groups excluding carboxylic acids is 5. The average Bonchev–Trinajstić information content (AvgIpc) is 3.30. The second-order valence-electron chi connectivity index (χ2n) is 16.7. The van der Waals surface area contributed by atoms with Crippen molar-refractivity contribution in [2.24, 2.45) is 22.7 Å². The van der Waals surface area contributed by atoms with Crippen LogP contribution in [0.4, 0.5) is 4.79 Å². The average molecular weight is 690 g/mol. The summed E-state index contributed by atoms with van der Waals surface area (Å²) in [6, 6.07) is -3.48. The number of urea groups is 1. The summed E-state index contributed by atoms with van der Waals surface area (Å²) >= 11 is -1.19. The van der Waals surface area contributed by atoms with Crippen molar-refractivity contribution in [1.29, 1.82) is 0 Å². The Labute approximate surface area is 290 Å². The molecule has 48 heavy (non-hydrogen) atoms. The second kappa shape index (κ2) is 15.4. The maximum atomic E-state index is 14.4. The van der Waals surface area contributed by atoms with E-state index in [-0.39, 0.29) is 36.0 Å². The Morgan fingerprint density at radius 2 is 1.65 bits per heavy atom. The molecule has 2 unspecified atom stereocenters. The Morgan fingerprint density at radius 3 is 2.19 bits per heavy atom. The number of rotatable bonds is 13. The molecule has 3 aliphatic rings. The molecule has 0 spiro atoms. The fourth-order valence-electron chi connectivity index (χ4n) is 7.27. The van der Waals surface area contributed by atoms with Gasteiger partial charge in [0.15, 0.2) is 0 Å². The standard InChI is InChI=1S/C36H59N5O6S/c1-11-13-17-24(27(42)30(44)37-20-12-2)38-29(43)26-25-23(35(25,9)10)21-41(26)31(45)28(33(3,4)5)39-32(46)40-36(18-15-14-16-19-36)22-48(47)34(6,7)8/h1,23-26,28H,12-22H2,2-10H3,(H,37,44)(H,38,43)(H2,39,40,46)/t23-,24?,25-,26-,28+,48?/m0/s1. The van der Waals surface area contributed by atoms with Gasteiger partial charge in [-0.2, -0.15) is 0 Å². The summed E-state index contributed by atoms with van der Waals surface area (Å²) in [7, 11) is 0. The molecule has 6 atom stereocenters. The van der Waals surface area contributed by atoms with Crippen molar-refractivity contribution in [1.82, 2.24) is 26.2 Å². The summed E-state index contributed by atoms with van der Waals surface area (Å²) in [5.74, 6) is 0.271. The van der Waals surface area contributed by atoms with Gasteiger partial charge in [0.25, 0.3) is 5.91 Å². The molecule has 12 heteroatoms. The molecule has 0 aromatic carbocycles. The zero-order valence-electron chi connectivity index (χ0n) is 30.5. The number of carbonyl (C=O) groups is 5. The summed E-state index contributed by atoms with van der Waals surface area (Å²) in [5, 5.41) is 11.4. The van der Waals surface area contributed by atoms with Crippen LogP contribution in [0.1, 0.15) is 114 Å². The third kappa shape index (κ3) is 9.26. The number of likely N-dealkylation sites (tertiary alicyclic amines) is 1. The summed E-state index contributed by atoms with van der Waals surface area (Å²) in [6.07, 6.45) is 10.7. The highest BCUT2D eigenvalue weighted by Gasteiger charge is 2.70. The van der Waals surface area contributed by atoms with Crippen LogP contribution in [-0.2, 0) is 30.4 Å². The first kappa shape index (κ1) is 39.7. The monoisotopic (exact) mass is 689 g/mol. The summed E-state index contributed by atoms with van der Waals surface area (Å²) in [6.45, 7) is 18.0. The second-order valence-corrected chi connectivity index (χ2v) is 18.9. The fourth-order valence-corrected chi connectivity index (χ4v) is 8.57. The highest BCUT2D eigenvalue weighted by Crippen LogP contribution is 2.65. The molecule has 270 valence electrons. The van der Waals surface area contributed by atoms with E-state index in [1.165, 1.54) is 4.90 Å². The van der Waals surface area contributed by atoms with Gasteiger partial charge in [-0.25, -0.2) is 4.79 Å². The molecule has 0 aromatic rings. The van der Waals surface area contributed by atoms with Crippen molar-refractivity contribution in [3.05, 3.63) is 0 Å². The Hall–Kier alpha value is -2.78. The Morgan fingerprint density at radius 1 is 1.02 bits per heavy atom. The normalized spacial score (nSPS) is 24.6. The highest BCUT2D eigenvalue weighted by molar-refractivity contribution is 7.92. The van der Waals surface area contributed by atoms with Crippen LogP contribution in [0.25, 0.3) is 0 Å². The molecule has 3 fully saturated rings. The molecular weight excluding hydrogens is 630 g/mol. The van der Waals surface area contributed by atoms with Crippen LogP contribution in [-0.4, -0.2) is 86.2 Å². The van der Waals surface area contributed by atoms with Gasteiger partial charge in [-0.1, -0.05) is 60.8 Å². The fraction of sp³-hybridized carbons (Fsp3) is 0.806. The highest BCUT2D eigenvalue weighted by atomic mass is 32.2. The molecule has 1 heterocycles. The molecule has 1 saturated heterocycles. The van der Waals surface area contributed by atoms with Crippen LogP contribution in [0.2, 0.25) is 0 Å². The van der Waals surface area contributed by atoms with Gasteiger partial charge in [-0.15, -0.1) is 12.3 Å². The van der Waals surface area contributed by atoms with E-state index >= 15 is 0 Å². The van der Waals surface area contributed by atoms with Crippen molar-refractivity contribution in [2.75, 3.05) is 18.8 Å². The minimum absolute atomic E-state index is 0.0669. The van der Waals surface area contributed by atoms with E-state index in [9.17, 15) is 28.5 Å². The van der Waals surface area contributed by atoms with E-state index < -0.39 is 68.6 Å². The smallest absolute Gasteiger partial charge is 0.316 e. The van der Waals surface area contributed by atoms with Crippen LogP contribution in [0.15, 0.2) is 0 Å². The Bertz CT molecular complexity index is 1260. The number of ketones is 1. The number of Topliss-reactive ketones (excluding diaryl/α,β-unsaturated/α-hetero) is 1. The van der Waals surface area contributed by atoms with E-state index in [0.717, 1.165) is 19.3 Å². The topological polar surface area (TPSA) is 160 Å². The molecule has 5 amide bonds. The minimum atomic E-state index is -1.19. The number of amides is 5. The first-order chi connectivity index (χ1) is 22.2. The predicted molar refractivity (Wildman–Crippen MR) is 188 cm³/mol. The lowest BCUT2D eigenvalue weighted by Gasteiger charge is -2.41. The molecular formula is C36H59N5O6S. The Balaban J connectivity index is 1.84. The predicted octanol–water partition coefficient (Wildman–Crippen LogP) is 3.43. The Kier molecular flexibility index (Phi) is 12.7. The zero-order chi connectivity index (χ0) is 36.2. The molecule has 2 saturated carbocycles. The van der Waals surface area contributed by atoms with E-state index in [4.69, 9.17) is 6.42 Å². The number of piperidine rings is 1. The van der Waals surface area contributed by atoms with Crippen LogP contribution in [0, 0.1) is 35.0 Å². The number of nitrogens with one attached hydrogen (secondary N) is 4. The lowest BCUT2D eigenvalue weighted by Crippen LogP contribution is -2.64. The molecule has 0 aromatic heterocycles. The van der Waals surface area contributed by atoms with Crippen LogP contribution in [0.5, 0.6) is 0 Å². The third-order valence-electron chi connectivity index (χ3n) is 10.4. The van der Waals surface area contributed by atoms with Gasteiger partial charge in [0, 0.05) is 19.5 Å². The van der Waals surface area contributed by atoms with Crippen LogP contribution >= 0.6 is 0 Å². The lowest BCUT2D eigenvalue weighted by molar-refractivity contribution is -0.145. The van der Waals surface area contributed by atoms with Gasteiger partial charge < -0.3 is 30.7 Å². The van der Waals surface area contributed by atoms with Gasteiger partial charge in [-0.05, 0) is 80.3 Å². The van der Waals surface area contributed by atoms with Crippen molar-refractivity contribution >= 4 is 40.7 Å². The summed E-state index contributed by atoms with van der Waals surface area (Å²) in [4.78, 5) is 69.3. The maximum Gasteiger partial charge on any atom is 0.316 e. The van der Waals surface area contributed by atoms with Gasteiger partial charge in [0.05, 0.1) is 11.6 Å². The van der Waals surface area contributed by atoms with Crippen LogP contribution in [0.3, 0.4) is 0 Å². The van der Waals surface area contributed by atoms with Gasteiger partial charge in [0.2, 0.25) is 17.6 Å². The van der Waals surface area contributed by atoms with Crippen LogP contribution < -0.4 is 21.3 Å². The molecule has 1 aliphatic heterocycles. The van der Waals surface area contributed by atoms with Crippen molar-refractivity contribution < 1.29 is 28.5 Å². The molecule has 4 N–H and O–H groups in total. The number of hydrogen-bond donors (Lipinski definition) is 4. The number of terminal acetylenes is 1. The van der Waals surface area contributed by atoms with Crippen molar-refractivity contribution in [2.45, 2.75) is 142 Å². The van der Waals surface area contributed by atoms with E-state index in [1.54, 1.807) is 0 Å². The van der Waals surface area contributed by atoms with E-state index in [1.807, 2.05) is 48.5 Å². The van der Waals surface area contributed by atoms with Gasteiger partial charge in [-0.3, -0.25) is 19.2 Å². The number of hydrogen-bond acceptors (Lipinski definition) is 6. The minimum Gasteiger partial charge on any atom is -0.616 e. The summed E-state index contributed by atoms with van der Waals surface area (Å²) in [5.41, 5.74) is -1.56. The quantitative estimate of drug-likeness (QED) is 0.132. The molecule has 2 aliphatic carbocycles. The zero-order valence-corrected chi connectivity index (χ0v) is 31.4. The van der Waals surface area contributed by atoms with Gasteiger partial charge in [0.1, 0.15) is 22.6 Å². The van der Waals surface area contributed by atoms with Gasteiger partial charge >= 0.3 is 6.03 Å². The summed E-state index contributed by atoms with van der Waals surface area (Å²) < 4.78 is 12.8. The maximum absolute atomic E-state index is 14.4. The molecule has 0 radical (unpaired) electrons. The largest absolute Gasteiger partial charge is 0.616 e.